The maximum Gasteiger partial charge on any atom is 0.246 e. The van der Waals surface area contributed by atoms with E-state index in [0.717, 1.165) is 43.4 Å². The summed E-state index contributed by atoms with van der Waals surface area (Å²) in [5.74, 6) is -0.0290. The van der Waals surface area contributed by atoms with E-state index in [-0.39, 0.29) is 11.9 Å². The number of hydrogen-bond donors (Lipinski definition) is 0. The van der Waals surface area contributed by atoms with Gasteiger partial charge in [-0.05, 0) is 48.9 Å². The number of halogens is 1. The summed E-state index contributed by atoms with van der Waals surface area (Å²) < 4.78 is 2.05. The van der Waals surface area contributed by atoms with Crippen molar-refractivity contribution in [2.45, 2.75) is 22.3 Å². The molecule has 1 atom stereocenters. The number of nitrogens with zero attached hydrogens (tertiary/aromatic N) is 4. The molecule has 1 saturated heterocycles. The molecule has 2 aromatic heterocycles. The van der Waals surface area contributed by atoms with Crippen molar-refractivity contribution < 1.29 is 4.79 Å². The maximum absolute atomic E-state index is 12.0. The highest BCUT2D eigenvalue weighted by Gasteiger charge is 2.28. The van der Waals surface area contributed by atoms with Crippen LogP contribution in [0.3, 0.4) is 0 Å². The summed E-state index contributed by atoms with van der Waals surface area (Å²) in [6.07, 6.45) is 5.90. The summed E-state index contributed by atoms with van der Waals surface area (Å²) in [5.41, 5.74) is 2.97. The molecule has 0 saturated carbocycles. The minimum atomic E-state index is -0.0290. The molecule has 2 aromatic carbocycles. The van der Waals surface area contributed by atoms with Gasteiger partial charge in [0.15, 0.2) is 0 Å². The van der Waals surface area contributed by atoms with E-state index < -0.39 is 0 Å². The Labute approximate surface area is 195 Å². The molecule has 32 heavy (non-hydrogen) atoms. The lowest BCUT2D eigenvalue weighted by Crippen LogP contribution is -2.27. The fourth-order valence-corrected chi connectivity index (χ4v) is 5.23. The number of pyridine rings is 1. The van der Waals surface area contributed by atoms with Gasteiger partial charge in [0, 0.05) is 51.2 Å². The molecule has 0 unspecified atom stereocenters. The van der Waals surface area contributed by atoms with Gasteiger partial charge in [0.25, 0.3) is 0 Å². The van der Waals surface area contributed by atoms with Gasteiger partial charge in [-0.15, -0.1) is 0 Å². The summed E-state index contributed by atoms with van der Waals surface area (Å²) in [6, 6.07) is 18.4. The molecule has 1 aliphatic rings. The Morgan fingerprint density at radius 2 is 2.00 bits per heavy atom. The zero-order valence-electron chi connectivity index (χ0n) is 17.3. The molecule has 0 N–H and O–H groups in total. The maximum atomic E-state index is 12.0. The number of amides is 1. The second-order valence-electron chi connectivity index (χ2n) is 7.70. The molecule has 7 heteroatoms. The largest absolute Gasteiger partial charge is 0.337 e. The van der Waals surface area contributed by atoms with E-state index in [2.05, 4.69) is 40.5 Å². The predicted molar refractivity (Wildman–Crippen MR) is 129 cm³/mol. The van der Waals surface area contributed by atoms with Crippen LogP contribution in [0.4, 0.5) is 0 Å². The highest BCUT2D eigenvalue weighted by molar-refractivity contribution is 7.99. The van der Waals surface area contributed by atoms with Crippen LogP contribution in [-0.4, -0.2) is 38.7 Å². The number of likely N-dealkylation sites (tertiary alicyclic amines) is 1. The van der Waals surface area contributed by atoms with E-state index >= 15 is 0 Å². The molecule has 1 amide bonds. The lowest BCUT2D eigenvalue weighted by atomic mass is 10.1. The number of hydrogen-bond acceptors (Lipinski definition) is 4. The van der Waals surface area contributed by atoms with Gasteiger partial charge in [-0.2, -0.15) is 5.10 Å². The zero-order valence-corrected chi connectivity index (χ0v) is 18.9. The molecule has 5 nitrogen and oxygen atoms in total. The first-order valence-corrected chi connectivity index (χ1v) is 11.6. The molecule has 0 aliphatic carbocycles. The second kappa shape index (κ2) is 8.81. The van der Waals surface area contributed by atoms with Crippen LogP contribution in [0.15, 0.2) is 89.4 Å². The van der Waals surface area contributed by atoms with Gasteiger partial charge in [0.05, 0.1) is 11.6 Å². The number of aromatic nitrogens is 3. The van der Waals surface area contributed by atoms with Crippen LogP contribution in [-0.2, 0) is 4.79 Å². The Morgan fingerprint density at radius 3 is 2.78 bits per heavy atom. The smallest absolute Gasteiger partial charge is 0.246 e. The van der Waals surface area contributed by atoms with Crippen molar-refractivity contribution in [3.8, 4) is 11.3 Å². The van der Waals surface area contributed by atoms with Crippen LogP contribution in [0.2, 0.25) is 5.02 Å². The third-order valence-electron chi connectivity index (χ3n) is 5.66. The molecule has 5 rings (SSSR count). The van der Waals surface area contributed by atoms with E-state index in [9.17, 15) is 4.79 Å². The van der Waals surface area contributed by atoms with Gasteiger partial charge in [0.1, 0.15) is 5.69 Å². The van der Waals surface area contributed by atoms with Crippen LogP contribution in [0, 0.1) is 0 Å². The molecule has 0 spiro atoms. The standard InChI is InChI=1S/C25H21ClN4OS/c1-2-24(31)29-13-11-19(16-29)30-23-10-12-27-15-22(23)25(28-30)17-6-8-20(9-7-17)32-21-5-3-4-18(26)14-21/h2-10,12,14-15,19H,1,11,13,16H2/t19-/m0/s1. The normalized spacial score (nSPS) is 15.9. The summed E-state index contributed by atoms with van der Waals surface area (Å²) in [5, 5.41) is 6.72. The third kappa shape index (κ3) is 4.04. The molecule has 0 bridgehead atoms. The average Bonchev–Trinajstić information content (AvgIpc) is 3.44. The van der Waals surface area contributed by atoms with Crippen LogP contribution >= 0.6 is 23.4 Å². The Morgan fingerprint density at radius 1 is 1.16 bits per heavy atom. The molecule has 3 heterocycles. The minimum absolute atomic E-state index is 0.0290. The monoisotopic (exact) mass is 460 g/mol. The highest BCUT2D eigenvalue weighted by Crippen LogP contribution is 2.34. The first kappa shape index (κ1) is 20.8. The number of carbonyl (C=O) groups is 1. The molecular formula is C25H21ClN4OS. The quantitative estimate of drug-likeness (QED) is 0.350. The number of rotatable bonds is 5. The highest BCUT2D eigenvalue weighted by atomic mass is 35.5. The minimum Gasteiger partial charge on any atom is -0.337 e. The molecule has 160 valence electrons. The predicted octanol–water partition coefficient (Wildman–Crippen LogP) is 5.86. The van der Waals surface area contributed by atoms with Crippen LogP contribution < -0.4 is 0 Å². The first-order valence-electron chi connectivity index (χ1n) is 10.4. The number of benzene rings is 2. The van der Waals surface area contributed by atoms with Gasteiger partial charge in [-0.3, -0.25) is 14.5 Å². The lowest BCUT2D eigenvalue weighted by molar-refractivity contribution is -0.125. The number of fused-ring (bicyclic) bond motifs is 1. The van der Waals surface area contributed by atoms with Gasteiger partial charge in [-0.25, -0.2) is 0 Å². The average molecular weight is 461 g/mol. The van der Waals surface area contributed by atoms with Crippen LogP contribution in [0.25, 0.3) is 22.2 Å². The fraction of sp³-hybridized carbons (Fsp3) is 0.160. The van der Waals surface area contributed by atoms with Crippen LogP contribution in [0.1, 0.15) is 12.5 Å². The summed E-state index contributed by atoms with van der Waals surface area (Å²) in [7, 11) is 0. The van der Waals surface area contributed by atoms with Gasteiger partial charge >= 0.3 is 0 Å². The van der Waals surface area contributed by atoms with Crippen molar-refractivity contribution in [3.05, 3.63) is 84.7 Å². The van der Waals surface area contributed by atoms with Crippen molar-refractivity contribution in [2.24, 2.45) is 0 Å². The Kier molecular flexibility index (Phi) is 5.72. The third-order valence-corrected chi connectivity index (χ3v) is 6.90. The van der Waals surface area contributed by atoms with Crippen molar-refractivity contribution in [3.63, 3.8) is 0 Å². The van der Waals surface area contributed by atoms with E-state index in [4.69, 9.17) is 16.7 Å². The molecule has 1 fully saturated rings. The number of carbonyl (C=O) groups excluding carboxylic acids is 1. The van der Waals surface area contributed by atoms with Crippen LogP contribution in [0.5, 0.6) is 0 Å². The first-order chi connectivity index (χ1) is 15.6. The van der Waals surface area contributed by atoms with E-state index in [0.29, 0.717) is 13.1 Å². The fourth-order valence-electron chi connectivity index (χ4n) is 4.09. The van der Waals surface area contributed by atoms with Crippen molar-refractivity contribution in [1.29, 1.82) is 0 Å². The SMILES string of the molecule is C=CC(=O)N1CC[C@H](n2nc(-c3ccc(Sc4cccc(Cl)c4)cc3)c3cnccc32)C1. The lowest BCUT2D eigenvalue weighted by Gasteiger charge is -2.15. The van der Waals surface area contributed by atoms with Gasteiger partial charge < -0.3 is 4.90 Å². The van der Waals surface area contributed by atoms with E-state index in [1.54, 1.807) is 18.0 Å². The van der Waals surface area contributed by atoms with Crippen molar-refractivity contribution in [2.75, 3.05) is 13.1 Å². The van der Waals surface area contributed by atoms with E-state index in [1.807, 2.05) is 41.4 Å². The van der Waals surface area contributed by atoms with Crippen molar-refractivity contribution in [1.82, 2.24) is 19.7 Å². The van der Waals surface area contributed by atoms with Gasteiger partial charge in [0.2, 0.25) is 5.91 Å². The topological polar surface area (TPSA) is 51.0 Å². The molecule has 1 aliphatic heterocycles. The summed E-state index contributed by atoms with van der Waals surface area (Å²) >= 11 is 7.78. The molecular weight excluding hydrogens is 440 g/mol. The van der Waals surface area contributed by atoms with Gasteiger partial charge in [-0.1, -0.05) is 48.1 Å². The summed E-state index contributed by atoms with van der Waals surface area (Å²) in [4.78, 5) is 20.4. The summed E-state index contributed by atoms with van der Waals surface area (Å²) in [6.45, 7) is 4.96. The van der Waals surface area contributed by atoms with Crippen molar-refractivity contribution >= 4 is 40.2 Å². The Bertz CT molecular complexity index is 1300. The van der Waals surface area contributed by atoms with E-state index in [1.165, 1.54) is 6.08 Å². The Balaban J connectivity index is 1.45. The Hall–Kier alpha value is -3.09. The zero-order chi connectivity index (χ0) is 22.1. The molecule has 0 radical (unpaired) electrons. The molecule has 4 aromatic rings. The second-order valence-corrected chi connectivity index (χ2v) is 9.28.